The number of anilines is 1. The smallest absolute Gasteiger partial charge is 0.224 e. The van der Waals surface area contributed by atoms with Gasteiger partial charge in [0.25, 0.3) is 0 Å². The van der Waals surface area contributed by atoms with Crippen molar-refractivity contribution in [3.05, 3.63) is 60.6 Å². The molecule has 3 aromatic rings. The Labute approximate surface area is 148 Å². The SMILES string of the molecule is CN(C)CCn1ccc2ccc(NC(=O)CCc3ccccn3)cc21. The van der Waals surface area contributed by atoms with E-state index in [2.05, 4.69) is 52.2 Å². The number of carbonyl (C=O) groups excluding carboxylic acids is 1. The van der Waals surface area contributed by atoms with Gasteiger partial charge in [-0.2, -0.15) is 0 Å². The lowest BCUT2D eigenvalue weighted by molar-refractivity contribution is -0.116. The minimum Gasteiger partial charge on any atom is -0.346 e. The van der Waals surface area contributed by atoms with E-state index in [9.17, 15) is 4.79 Å². The summed E-state index contributed by atoms with van der Waals surface area (Å²) in [7, 11) is 4.14. The van der Waals surface area contributed by atoms with Gasteiger partial charge in [0.05, 0.1) is 5.52 Å². The van der Waals surface area contributed by atoms with Gasteiger partial charge >= 0.3 is 0 Å². The molecule has 5 nitrogen and oxygen atoms in total. The summed E-state index contributed by atoms with van der Waals surface area (Å²) in [5, 5.41) is 4.18. The van der Waals surface area contributed by atoms with Crippen LogP contribution in [0.4, 0.5) is 5.69 Å². The molecule has 1 amide bonds. The van der Waals surface area contributed by atoms with Gasteiger partial charge in [-0.25, -0.2) is 0 Å². The molecule has 0 aliphatic heterocycles. The number of amides is 1. The maximum absolute atomic E-state index is 12.2. The monoisotopic (exact) mass is 336 g/mol. The number of nitrogens with zero attached hydrogens (tertiary/aromatic N) is 3. The predicted octanol–water partition coefficient (Wildman–Crippen LogP) is 3.17. The third-order valence-electron chi connectivity index (χ3n) is 4.18. The van der Waals surface area contributed by atoms with Crippen molar-refractivity contribution in [1.29, 1.82) is 0 Å². The number of hydrogen-bond acceptors (Lipinski definition) is 3. The average molecular weight is 336 g/mol. The molecule has 2 aromatic heterocycles. The van der Waals surface area contributed by atoms with Crippen LogP contribution >= 0.6 is 0 Å². The number of carbonyl (C=O) groups is 1. The van der Waals surface area contributed by atoms with E-state index >= 15 is 0 Å². The molecular weight excluding hydrogens is 312 g/mol. The highest BCUT2D eigenvalue weighted by Gasteiger charge is 2.07. The molecular formula is C20H24N4O. The van der Waals surface area contributed by atoms with Crippen LogP contribution in [0, 0.1) is 0 Å². The van der Waals surface area contributed by atoms with Crippen molar-refractivity contribution in [2.24, 2.45) is 0 Å². The Kier molecular flexibility index (Phi) is 5.46. The summed E-state index contributed by atoms with van der Waals surface area (Å²) >= 11 is 0. The highest BCUT2D eigenvalue weighted by molar-refractivity contribution is 5.93. The maximum atomic E-state index is 12.2. The van der Waals surface area contributed by atoms with Gasteiger partial charge in [-0.3, -0.25) is 9.78 Å². The predicted molar refractivity (Wildman–Crippen MR) is 102 cm³/mol. The number of aromatic nitrogens is 2. The minimum atomic E-state index is 0.0106. The van der Waals surface area contributed by atoms with Gasteiger partial charge in [0, 0.05) is 43.3 Å². The van der Waals surface area contributed by atoms with Gasteiger partial charge in [-0.1, -0.05) is 12.1 Å². The molecule has 0 radical (unpaired) electrons. The molecule has 0 atom stereocenters. The molecule has 25 heavy (non-hydrogen) atoms. The van der Waals surface area contributed by atoms with Gasteiger partial charge in [0.1, 0.15) is 0 Å². The van der Waals surface area contributed by atoms with E-state index in [0.29, 0.717) is 12.8 Å². The van der Waals surface area contributed by atoms with Gasteiger partial charge < -0.3 is 14.8 Å². The molecule has 2 heterocycles. The van der Waals surface area contributed by atoms with Crippen LogP contribution in [-0.2, 0) is 17.8 Å². The third kappa shape index (κ3) is 4.67. The molecule has 0 unspecified atom stereocenters. The van der Waals surface area contributed by atoms with Crippen LogP contribution in [0.5, 0.6) is 0 Å². The Balaban J connectivity index is 1.64. The highest BCUT2D eigenvalue weighted by Crippen LogP contribution is 2.21. The molecule has 0 saturated heterocycles. The Hall–Kier alpha value is -2.66. The normalized spacial score (nSPS) is 11.2. The molecule has 5 heteroatoms. The summed E-state index contributed by atoms with van der Waals surface area (Å²) in [6.07, 6.45) is 4.93. The number of rotatable bonds is 7. The molecule has 0 fully saturated rings. The zero-order valence-corrected chi connectivity index (χ0v) is 14.8. The van der Waals surface area contributed by atoms with Crippen molar-refractivity contribution in [2.45, 2.75) is 19.4 Å². The van der Waals surface area contributed by atoms with E-state index < -0.39 is 0 Å². The average Bonchev–Trinajstić information content (AvgIpc) is 3.01. The zero-order chi connectivity index (χ0) is 17.6. The summed E-state index contributed by atoms with van der Waals surface area (Å²) in [5.41, 5.74) is 2.92. The second-order valence-electron chi connectivity index (χ2n) is 6.46. The zero-order valence-electron chi connectivity index (χ0n) is 14.8. The lowest BCUT2D eigenvalue weighted by Crippen LogP contribution is -2.18. The molecule has 1 aromatic carbocycles. The van der Waals surface area contributed by atoms with Crippen molar-refractivity contribution in [3.63, 3.8) is 0 Å². The third-order valence-corrected chi connectivity index (χ3v) is 4.18. The summed E-state index contributed by atoms with van der Waals surface area (Å²) in [6, 6.07) is 13.9. The topological polar surface area (TPSA) is 50.2 Å². The molecule has 0 spiro atoms. The Morgan fingerprint density at radius 1 is 1.20 bits per heavy atom. The molecule has 130 valence electrons. The maximum Gasteiger partial charge on any atom is 0.224 e. The standard InChI is InChI=1S/C20H24N4O/c1-23(2)13-14-24-12-10-16-6-7-18(15-19(16)24)22-20(25)9-8-17-5-3-4-11-21-17/h3-7,10-12,15H,8-9,13-14H2,1-2H3,(H,22,25). The van der Waals surface area contributed by atoms with Gasteiger partial charge in [-0.15, -0.1) is 0 Å². The van der Waals surface area contributed by atoms with Gasteiger partial charge in [-0.05, 0) is 56.2 Å². The molecule has 0 bridgehead atoms. The first-order valence-electron chi connectivity index (χ1n) is 8.55. The summed E-state index contributed by atoms with van der Waals surface area (Å²) < 4.78 is 2.22. The van der Waals surface area contributed by atoms with Gasteiger partial charge in [0.2, 0.25) is 5.91 Å². The van der Waals surface area contributed by atoms with E-state index in [0.717, 1.165) is 30.0 Å². The summed E-state index contributed by atoms with van der Waals surface area (Å²) in [5.74, 6) is 0.0106. The number of hydrogen-bond donors (Lipinski definition) is 1. The fourth-order valence-electron chi connectivity index (χ4n) is 2.78. The van der Waals surface area contributed by atoms with Crippen LogP contribution in [0.25, 0.3) is 10.9 Å². The van der Waals surface area contributed by atoms with Crippen molar-refractivity contribution < 1.29 is 4.79 Å². The van der Waals surface area contributed by atoms with Crippen LogP contribution in [-0.4, -0.2) is 41.0 Å². The van der Waals surface area contributed by atoms with Gasteiger partial charge in [0.15, 0.2) is 0 Å². The number of pyridine rings is 1. The van der Waals surface area contributed by atoms with Crippen LogP contribution < -0.4 is 5.32 Å². The van der Waals surface area contributed by atoms with E-state index in [1.807, 2.05) is 30.3 Å². The van der Waals surface area contributed by atoms with Crippen molar-refractivity contribution in [1.82, 2.24) is 14.5 Å². The quantitative estimate of drug-likeness (QED) is 0.721. The number of fused-ring (bicyclic) bond motifs is 1. The second kappa shape index (κ2) is 7.94. The lowest BCUT2D eigenvalue weighted by atomic mass is 10.2. The fraction of sp³-hybridized carbons (Fsp3) is 0.300. The number of aryl methyl sites for hydroxylation is 1. The van der Waals surface area contributed by atoms with Crippen molar-refractivity contribution >= 4 is 22.5 Å². The van der Waals surface area contributed by atoms with Crippen LogP contribution in [0.15, 0.2) is 54.9 Å². The largest absolute Gasteiger partial charge is 0.346 e. The Bertz CT molecular complexity index is 839. The summed E-state index contributed by atoms with van der Waals surface area (Å²) in [4.78, 5) is 18.6. The molecule has 3 rings (SSSR count). The Morgan fingerprint density at radius 2 is 2.08 bits per heavy atom. The Morgan fingerprint density at radius 3 is 2.84 bits per heavy atom. The van der Waals surface area contributed by atoms with Crippen LogP contribution in [0.3, 0.4) is 0 Å². The van der Waals surface area contributed by atoms with Crippen molar-refractivity contribution in [2.75, 3.05) is 26.0 Å². The molecule has 0 aliphatic carbocycles. The molecule has 0 saturated carbocycles. The number of benzene rings is 1. The summed E-state index contributed by atoms with van der Waals surface area (Å²) in [6.45, 7) is 1.90. The first-order valence-corrected chi connectivity index (χ1v) is 8.55. The lowest BCUT2D eigenvalue weighted by Gasteiger charge is -2.12. The fourth-order valence-corrected chi connectivity index (χ4v) is 2.78. The van der Waals surface area contributed by atoms with E-state index in [4.69, 9.17) is 0 Å². The second-order valence-corrected chi connectivity index (χ2v) is 6.46. The van der Waals surface area contributed by atoms with Crippen LogP contribution in [0.1, 0.15) is 12.1 Å². The van der Waals surface area contributed by atoms with Crippen LogP contribution in [0.2, 0.25) is 0 Å². The highest BCUT2D eigenvalue weighted by atomic mass is 16.1. The first kappa shape index (κ1) is 17.2. The van der Waals surface area contributed by atoms with E-state index in [1.54, 1.807) is 6.20 Å². The minimum absolute atomic E-state index is 0.0106. The van der Waals surface area contributed by atoms with E-state index in [-0.39, 0.29) is 5.91 Å². The van der Waals surface area contributed by atoms with E-state index in [1.165, 1.54) is 5.39 Å². The number of nitrogens with one attached hydrogen (secondary N) is 1. The molecule has 1 N–H and O–H groups in total. The molecule has 0 aliphatic rings. The first-order chi connectivity index (χ1) is 12.1. The van der Waals surface area contributed by atoms with Crippen molar-refractivity contribution in [3.8, 4) is 0 Å². The number of likely N-dealkylation sites (N-methyl/N-ethyl adjacent to an activating group) is 1.